The zero-order valence-corrected chi connectivity index (χ0v) is 8.42. The molecular formula is C9H15FN2O2. The molecule has 1 N–H and O–H groups in total. The smallest absolute Gasteiger partial charge is 0.245 e. The van der Waals surface area contributed by atoms with Crippen molar-refractivity contribution in [2.45, 2.75) is 32.4 Å². The molecule has 0 aliphatic carbocycles. The number of halogens is 1. The van der Waals surface area contributed by atoms with Gasteiger partial charge in [-0.2, -0.15) is 0 Å². The van der Waals surface area contributed by atoms with Crippen LogP contribution in [0.1, 0.15) is 20.3 Å². The summed E-state index contributed by atoms with van der Waals surface area (Å²) in [5.74, 6) is -0.304. The number of carbonyl (C=O) groups is 2. The number of alkyl halides is 1. The average Bonchev–Trinajstić information content (AvgIpc) is 2.15. The first-order valence-electron chi connectivity index (χ1n) is 4.74. The molecule has 1 fully saturated rings. The fourth-order valence-electron chi connectivity index (χ4n) is 1.51. The third kappa shape index (κ3) is 2.02. The van der Waals surface area contributed by atoms with Gasteiger partial charge in [-0.1, -0.05) is 0 Å². The van der Waals surface area contributed by atoms with Crippen LogP contribution in [-0.4, -0.2) is 42.0 Å². The minimum absolute atomic E-state index is 0.134. The molecule has 2 amide bonds. The lowest BCUT2D eigenvalue weighted by Crippen LogP contribution is -2.61. The highest BCUT2D eigenvalue weighted by Crippen LogP contribution is 2.09. The van der Waals surface area contributed by atoms with E-state index in [2.05, 4.69) is 5.32 Å². The van der Waals surface area contributed by atoms with Crippen molar-refractivity contribution in [3.63, 3.8) is 0 Å². The summed E-state index contributed by atoms with van der Waals surface area (Å²) in [4.78, 5) is 24.3. The number of piperazine rings is 1. The van der Waals surface area contributed by atoms with Crippen molar-refractivity contribution in [3.05, 3.63) is 0 Å². The zero-order chi connectivity index (χ0) is 10.7. The van der Waals surface area contributed by atoms with Crippen LogP contribution in [0.15, 0.2) is 0 Å². The monoisotopic (exact) mass is 202 g/mol. The molecular weight excluding hydrogens is 187 g/mol. The van der Waals surface area contributed by atoms with E-state index in [1.54, 1.807) is 13.8 Å². The Morgan fingerprint density at radius 1 is 1.43 bits per heavy atom. The molecule has 1 heterocycles. The van der Waals surface area contributed by atoms with Crippen molar-refractivity contribution in [1.29, 1.82) is 0 Å². The predicted octanol–water partition coefficient (Wildman–Crippen LogP) is 0.0814. The largest absolute Gasteiger partial charge is 0.343 e. The van der Waals surface area contributed by atoms with Crippen molar-refractivity contribution < 1.29 is 14.0 Å². The topological polar surface area (TPSA) is 49.4 Å². The predicted molar refractivity (Wildman–Crippen MR) is 49.4 cm³/mol. The van der Waals surface area contributed by atoms with Gasteiger partial charge in [0.15, 0.2) is 0 Å². The SMILES string of the molecule is CC1NC(=O)C(C)N(CCCF)C1=O. The van der Waals surface area contributed by atoms with E-state index >= 15 is 0 Å². The van der Waals surface area contributed by atoms with Crippen LogP contribution >= 0.6 is 0 Å². The number of rotatable bonds is 3. The minimum atomic E-state index is -0.488. The summed E-state index contributed by atoms with van der Waals surface area (Å²) in [7, 11) is 0. The molecule has 2 unspecified atom stereocenters. The number of hydrogen-bond acceptors (Lipinski definition) is 2. The van der Waals surface area contributed by atoms with Crippen LogP contribution < -0.4 is 5.32 Å². The van der Waals surface area contributed by atoms with Crippen LogP contribution in [0.5, 0.6) is 0 Å². The summed E-state index contributed by atoms with van der Waals surface area (Å²) in [6, 6.07) is -0.969. The molecule has 1 aliphatic heterocycles. The molecule has 0 aromatic carbocycles. The standard InChI is InChI=1S/C9H15FN2O2/c1-6-9(14)12(5-3-4-10)7(2)8(13)11-6/h6-7H,3-5H2,1-2H3,(H,11,13). The van der Waals surface area contributed by atoms with Gasteiger partial charge in [-0.05, 0) is 20.3 Å². The van der Waals surface area contributed by atoms with Crippen molar-refractivity contribution in [2.75, 3.05) is 13.2 Å². The number of nitrogens with one attached hydrogen (secondary N) is 1. The van der Waals surface area contributed by atoms with E-state index in [1.807, 2.05) is 0 Å². The first-order chi connectivity index (χ1) is 6.57. The van der Waals surface area contributed by atoms with E-state index < -0.39 is 18.8 Å². The number of amides is 2. The fourth-order valence-corrected chi connectivity index (χ4v) is 1.51. The van der Waals surface area contributed by atoms with Crippen LogP contribution in [0.4, 0.5) is 4.39 Å². The van der Waals surface area contributed by atoms with E-state index in [9.17, 15) is 14.0 Å². The van der Waals surface area contributed by atoms with Crippen LogP contribution in [0.25, 0.3) is 0 Å². The zero-order valence-electron chi connectivity index (χ0n) is 8.42. The second-order valence-electron chi connectivity index (χ2n) is 3.48. The molecule has 2 atom stereocenters. The molecule has 80 valence electrons. The van der Waals surface area contributed by atoms with Crippen molar-refractivity contribution in [2.24, 2.45) is 0 Å². The van der Waals surface area contributed by atoms with Gasteiger partial charge in [-0.3, -0.25) is 14.0 Å². The summed E-state index contributed by atoms with van der Waals surface area (Å²) >= 11 is 0. The minimum Gasteiger partial charge on any atom is -0.343 e. The molecule has 1 saturated heterocycles. The first kappa shape index (κ1) is 10.9. The molecule has 0 aromatic heterocycles. The van der Waals surface area contributed by atoms with Crippen LogP contribution in [-0.2, 0) is 9.59 Å². The van der Waals surface area contributed by atoms with Gasteiger partial charge < -0.3 is 10.2 Å². The Bertz CT molecular complexity index is 245. The maximum Gasteiger partial charge on any atom is 0.245 e. The first-order valence-corrected chi connectivity index (χ1v) is 4.74. The molecule has 0 aromatic rings. The van der Waals surface area contributed by atoms with Gasteiger partial charge in [0.1, 0.15) is 12.1 Å². The highest BCUT2D eigenvalue weighted by Gasteiger charge is 2.34. The van der Waals surface area contributed by atoms with E-state index in [0.717, 1.165) is 0 Å². The molecule has 4 nitrogen and oxygen atoms in total. The summed E-state index contributed by atoms with van der Waals surface area (Å²) in [6.45, 7) is 3.13. The van der Waals surface area contributed by atoms with Gasteiger partial charge in [-0.15, -0.1) is 0 Å². The highest BCUT2D eigenvalue weighted by molar-refractivity contribution is 5.96. The number of nitrogens with zero attached hydrogens (tertiary/aromatic N) is 1. The number of carbonyl (C=O) groups excluding carboxylic acids is 2. The molecule has 0 saturated carbocycles. The van der Waals surface area contributed by atoms with Gasteiger partial charge >= 0.3 is 0 Å². The van der Waals surface area contributed by atoms with Gasteiger partial charge in [0.2, 0.25) is 11.8 Å². The van der Waals surface area contributed by atoms with Gasteiger partial charge in [0.25, 0.3) is 0 Å². The van der Waals surface area contributed by atoms with E-state index in [4.69, 9.17) is 0 Å². The van der Waals surface area contributed by atoms with E-state index in [-0.39, 0.29) is 18.2 Å². The average molecular weight is 202 g/mol. The Hall–Kier alpha value is -1.13. The molecule has 0 bridgehead atoms. The molecule has 1 aliphatic rings. The Kier molecular flexibility index (Phi) is 3.43. The third-order valence-electron chi connectivity index (χ3n) is 2.39. The number of hydrogen-bond donors (Lipinski definition) is 1. The molecule has 0 spiro atoms. The Balaban J connectivity index is 2.67. The lowest BCUT2D eigenvalue weighted by molar-refractivity contribution is -0.148. The van der Waals surface area contributed by atoms with E-state index in [1.165, 1.54) is 4.90 Å². The lowest BCUT2D eigenvalue weighted by atomic mass is 10.1. The second kappa shape index (κ2) is 4.39. The van der Waals surface area contributed by atoms with Crippen molar-refractivity contribution in [1.82, 2.24) is 10.2 Å². The van der Waals surface area contributed by atoms with Gasteiger partial charge in [0, 0.05) is 6.54 Å². The van der Waals surface area contributed by atoms with Crippen molar-refractivity contribution >= 4 is 11.8 Å². The fraction of sp³-hybridized carbons (Fsp3) is 0.778. The molecule has 14 heavy (non-hydrogen) atoms. The van der Waals surface area contributed by atoms with Crippen LogP contribution in [0.2, 0.25) is 0 Å². The lowest BCUT2D eigenvalue weighted by Gasteiger charge is -2.35. The Labute approximate surface area is 82.5 Å². The molecule has 1 rings (SSSR count). The molecule has 0 radical (unpaired) electrons. The highest BCUT2D eigenvalue weighted by atomic mass is 19.1. The van der Waals surface area contributed by atoms with Gasteiger partial charge in [-0.25, -0.2) is 0 Å². The summed E-state index contributed by atoms with van der Waals surface area (Å²) in [6.07, 6.45) is 0.288. The Morgan fingerprint density at radius 3 is 2.64 bits per heavy atom. The quantitative estimate of drug-likeness (QED) is 0.704. The third-order valence-corrected chi connectivity index (χ3v) is 2.39. The molecule has 5 heteroatoms. The van der Waals surface area contributed by atoms with Crippen LogP contribution in [0.3, 0.4) is 0 Å². The summed E-state index contributed by atoms with van der Waals surface area (Å²) in [5, 5.41) is 2.56. The maximum absolute atomic E-state index is 12.0. The Morgan fingerprint density at radius 2 is 2.07 bits per heavy atom. The van der Waals surface area contributed by atoms with Crippen molar-refractivity contribution in [3.8, 4) is 0 Å². The van der Waals surface area contributed by atoms with Crippen LogP contribution in [0, 0.1) is 0 Å². The summed E-state index contributed by atoms with van der Waals surface area (Å²) < 4.78 is 12.0. The summed E-state index contributed by atoms with van der Waals surface area (Å²) in [5.41, 5.74) is 0. The van der Waals surface area contributed by atoms with Gasteiger partial charge in [0.05, 0.1) is 6.67 Å². The maximum atomic E-state index is 12.0. The van der Waals surface area contributed by atoms with E-state index in [0.29, 0.717) is 6.54 Å². The second-order valence-corrected chi connectivity index (χ2v) is 3.48. The normalized spacial score (nSPS) is 27.8.